The van der Waals surface area contributed by atoms with E-state index in [0.717, 1.165) is 5.56 Å². The van der Waals surface area contributed by atoms with Crippen molar-refractivity contribution < 1.29 is 26.3 Å². The number of aliphatic hydroxyl groups excluding tert-OH is 1. The van der Waals surface area contributed by atoms with Gasteiger partial charge < -0.3 is 5.11 Å². The van der Waals surface area contributed by atoms with E-state index in [-0.39, 0.29) is 27.1 Å². The van der Waals surface area contributed by atoms with Crippen molar-refractivity contribution in [3.8, 4) is 0 Å². The Balaban J connectivity index is 2.14. The Morgan fingerprint density at radius 2 is 1.50 bits per heavy atom. The molecule has 3 aromatic rings. The third-order valence-electron chi connectivity index (χ3n) is 3.79. The molecule has 0 bridgehead atoms. The molecule has 22 heavy (non-hydrogen) atoms. The molecule has 0 unspecified atom stereocenters. The molecule has 0 heterocycles. The van der Waals surface area contributed by atoms with Crippen molar-refractivity contribution >= 4 is 10.8 Å². The van der Waals surface area contributed by atoms with Crippen LogP contribution in [0.1, 0.15) is 25.5 Å². The van der Waals surface area contributed by atoms with Crippen LogP contribution < -0.4 is 21.2 Å². The van der Waals surface area contributed by atoms with E-state index >= 15 is 0 Å². The molecule has 0 aliphatic heterocycles. The lowest BCUT2D eigenvalue weighted by atomic mass is 9.94. The smallest absolute Gasteiger partial charge is 0.358 e. The summed E-state index contributed by atoms with van der Waals surface area (Å²) in [5.74, 6) is 0.212. The number of halogens is 1. The molecule has 2 heteroatoms. The van der Waals surface area contributed by atoms with Gasteiger partial charge >= 0.3 is 21.2 Å². The maximum Gasteiger partial charge on any atom is 0.358 e. The molecule has 0 aliphatic carbocycles. The first kappa shape index (κ1) is 15.5. The van der Waals surface area contributed by atoms with E-state index in [2.05, 4.69) is 80.6 Å². The van der Waals surface area contributed by atoms with E-state index in [9.17, 15) is 5.11 Å². The molecule has 1 atom stereocenters. The van der Waals surface area contributed by atoms with E-state index in [4.69, 9.17) is 0 Å². The van der Waals surface area contributed by atoms with Crippen molar-refractivity contribution in [3.63, 3.8) is 0 Å². The summed E-state index contributed by atoms with van der Waals surface area (Å²) in [5.41, 5.74) is 1.13. The number of hydrogen-bond donors (Lipinski definition) is 1. The maximum atomic E-state index is 10.8. The summed E-state index contributed by atoms with van der Waals surface area (Å²) >= 11 is -0.287. The largest absolute Gasteiger partial charge is 0.388 e. The van der Waals surface area contributed by atoms with Gasteiger partial charge in [-0.15, -0.1) is 0 Å². The van der Waals surface area contributed by atoms with Gasteiger partial charge in [0.15, 0.2) is 3.57 Å². The quantitative estimate of drug-likeness (QED) is 0.658. The first-order valence-corrected chi connectivity index (χ1v) is 9.72. The summed E-state index contributed by atoms with van der Waals surface area (Å²) < 4.78 is 2.71. The van der Waals surface area contributed by atoms with Gasteiger partial charge in [-0.2, -0.15) is 0 Å². The van der Waals surface area contributed by atoms with Crippen molar-refractivity contribution in [2.45, 2.75) is 20.0 Å². The number of hydrogen-bond acceptors (Lipinski definition) is 1. The highest BCUT2D eigenvalue weighted by atomic mass is 127. The fourth-order valence-electron chi connectivity index (χ4n) is 2.58. The molecular formula is C20H20IO+. The molecule has 0 spiro atoms. The van der Waals surface area contributed by atoms with Crippen LogP contribution in [-0.2, 0) is 0 Å². The van der Waals surface area contributed by atoms with Gasteiger partial charge in [0.2, 0.25) is 3.57 Å². The third-order valence-corrected chi connectivity index (χ3v) is 6.65. The monoisotopic (exact) mass is 403 g/mol. The minimum Gasteiger partial charge on any atom is -0.388 e. The molecule has 0 saturated heterocycles. The second-order valence-electron chi connectivity index (χ2n) is 5.76. The van der Waals surface area contributed by atoms with Crippen molar-refractivity contribution in [1.82, 2.24) is 0 Å². The van der Waals surface area contributed by atoms with Gasteiger partial charge in [-0.05, 0) is 41.0 Å². The Kier molecular flexibility index (Phi) is 4.79. The Hall–Kier alpha value is -1.39. The van der Waals surface area contributed by atoms with Crippen LogP contribution in [0.25, 0.3) is 10.8 Å². The second-order valence-corrected chi connectivity index (χ2v) is 8.71. The average Bonchev–Trinajstić information content (AvgIpc) is 2.55. The Morgan fingerprint density at radius 1 is 0.818 bits per heavy atom. The van der Waals surface area contributed by atoms with Gasteiger partial charge in [0.25, 0.3) is 0 Å². The van der Waals surface area contributed by atoms with E-state index in [0.29, 0.717) is 0 Å². The minimum atomic E-state index is -0.412. The molecule has 0 radical (unpaired) electrons. The normalized spacial score (nSPS) is 12.7. The van der Waals surface area contributed by atoms with Gasteiger partial charge in [-0.25, -0.2) is 0 Å². The first-order chi connectivity index (χ1) is 10.7. The van der Waals surface area contributed by atoms with Gasteiger partial charge in [0.1, 0.15) is 0 Å². The van der Waals surface area contributed by atoms with E-state index in [1.54, 1.807) is 0 Å². The predicted octanol–water partition coefficient (Wildman–Crippen LogP) is 1.66. The van der Waals surface area contributed by atoms with E-state index < -0.39 is 6.10 Å². The Labute approximate surface area is 142 Å². The molecule has 0 aromatic heterocycles. The highest BCUT2D eigenvalue weighted by molar-refractivity contribution is 5.85. The fraction of sp³-hybridized carbons (Fsp3) is 0.200. The number of fused-ring (bicyclic) bond motifs is 1. The lowest BCUT2D eigenvalue weighted by molar-refractivity contribution is -0.598. The lowest BCUT2D eigenvalue weighted by Gasteiger charge is -2.17. The van der Waals surface area contributed by atoms with Crippen LogP contribution in [0.5, 0.6) is 0 Å². The Morgan fingerprint density at radius 3 is 2.23 bits per heavy atom. The van der Waals surface area contributed by atoms with Crippen molar-refractivity contribution in [2.24, 2.45) is 5.92 Å². The van der Waals surface area contributed by atoms with Gasteiger partial charge in [-0.1, -0.05) is 56.3 Å². The molecule has 0 amide bonds. The minimum absolute atomic E-state index is 0.212. The van der Waals surface area contributed by atoms with Gasteiger partial charge in [0, 0.05) is 5.56 Å². The molecule has 3 rings (SSSR count). The molecule has 1 N–H and O–H groups in total. The molecular weight excluding hydrogens is 383 g/mol. The standard InChI is InChI=1S/C20H20IO/c1-14(2)20(22)19-17-11-7-6-8-15(17)12-13-18(19)21-16-9-4-3-5-10-16/h3-14,20,22H,1-2H3/q+1/t20-/m1/s1. The van der Waals surface area contributed by atoms with Gasteiger partial charge in [-0.3, -0.25) is 0 Å². The summed E-state index contributed by atoms with van der Waals surface area (Å²) in [7, 11) is 0. The summed E-state index contributed by atoms with van der Waals surface area (Å²) in [6.45, 7) is 4.16. The van der Waals surface area contributed by atoms with Crippen LogP contribution in [0.2, 0.25) is 0 Å². The summed E-state index contributed by atoms with van der Waals surface area (Å²) in [5, 5.41) is 13.2. The number of benzene rings is 3. The van der Waals surface area contributed by atoms with Crippen molar-refractivity contribution in [1.29, 1.82) is 0 Å². The molecule has 112 valence electrons. The number of aliphatic hydroxyl groups is 1. The summed E-state index contributed by atoms with van der Waals surface area (Å²) in [6, 6.07) is 23.4. The zero-order valence-electron chi connectivity index (χ0n) is 12.8. The topological polar surface area (TPSA) is 20.2 Å². The molecule has 0 aliphatic rings. The van der Waals surface area contributed by atoms with E-state index in [1.807, 2.05) is 0 Å². The summed E-state index contributed by atoms with van der Waals surface area (Å²) in [4.78, 5) is 0. The van der Waals surface area contributed by atoms with Crippen LogP contribution in [0.4, 0.5) is 0 Å². The van der Waals surface area contributed by atoms with Crippen LogP contribution in [0.15, 0.2) is 66.7 Å². The summed E-state index contributed by atoms with van der Waals surface area (Å²) in [6.07, 6.45) is -0.412. The number of rotatable bonds is 4. The fourth-order valence-corrected chi connectivity index (χ4v) is 5.29. The van der Waals surface area contributed by atoms with Crippen LogP contribution >= 0.6 is 0 Å². The van der Waals surface area contributed by atoms with E-state index in [1.165, 1.54) is 17.9 Å². The predicted molar refractivity (Wildman–Crippen MR) is 87.6 cm³/mol. The van der Waals surface area contributed by atoms with Crippen molar-refractivity contribution in [2.75, 3.05) is 0 Å². The van der Waals surface area contributed by atoms with Gasteiger partial charge in [0.05, 0.1) is 6.10 Å². The molecule has 1 nitrogen and oxygen atoms in total. The second kappa shape index (κ2) is 6.80. The van der Waals surface area contributed by atoms with Crippen molar-refractivity contribution in [3.05, 3.63) is 79.4 Å². The third kappa shape index (κ3) is 3.18. The first-order valence-electron chi connectivity index (χ1n) is 7.56. The molecule has 3 aromatic carbocycles. The van der Waals surface area contributed by atoms with Crippen LogP contribution in [-0.4, -0.2) is 5.11 Å². The lowest BCUT2D eigenvalue weighted by Crippen LogP contribution is -3.61. The zero-order chi connectivity index (χ0) is 15.5. The highest BCUT2D eigenvalue weighted by Crippen LogP contribution is 2.28. The maximum absolute atomic E-state index is 10.8. The molecule has 0 fully saturated rings. The average molecular weight is 403 g/mol. The van der Waals surface area contributed by atoms with Crippen LogP contribution in [0.3, 0.4) is 0 Å². The Bertz CT molecular complexity index is 765. The molecule has 0 saturated carbocycles. The zero-order valence-corrected chi connectivity index (χ0v) is 15.0. The van der Waals surface area contributed by atoms with Crippen LogP contribution in [0, 0.1) is 13.1 Å². The highest BCUT2D eigenvalue weighted by Gasteiger charge is 2.27. The SMILES string of the molecule is CC(C)[C@@H](O)c1c([I+]c2ccccc2)ccc2ccccc12.